The van der Waals surface area contributed by atoms with E-state index in [2.05, 4.69) is 28.1 Å². The molecule has 0 saturated carbocycles. The van der Waals surface area contributed by atoms with E-state index in [1.165, 1.54) is 17.7 Å². The van der Waals surface area contributed by atoms with E-state index in [4.69, 9.17) is 5.73 Å². The molecule has 0 amide bonds. The van der Waals surface area contributed by atoms with Crippen LogP contribution in [0.3, 0.4) is 0 Å². The molecule has 100 valence electrons. The summed E-state index contributed by atoms with van der Waals surface area (Å²) in [5, 5.41) is 0. The highest BCUT2D eigenvalue weighted by Crippen LogP contribution is 2.20. The lowest BCUT2D eigenvalue weighted by Gasteiger charge is -2.13. The zero-order valence-corrected chi connectivity index (χ0v) is 12.2. The van der Waals surface area contributed by atoms with Gasteiger partial charge in [0.2, 0.25) is 0 Å². The van der Waals surface area contributed by atoms with Gasteiger partial charge in [0.25, 0.3) is 0 Å². The molecule has 0 fully saturated rings. The number of halogens is 2. The fourth-order valence-electron chi connectivity index (χ4n) is 2.07. The van der Waals surface area contributed by atoms with Crippen LogP contribution in [0.25, 0.3) is 0 Å². The third-order valence-electron chi connectivity index (χ3n) is 3.14. The van der Waals surface area contributed by atoms with E-state index in [-0.39, 0.29) is 11.9 Å². The predicted molar refractivity (Wildman–Crippen MR) is 80.5 cm³/mol. The monoisotopic (exact) mass is 321 g/mol. The number of rotatable bonds is 5. The molecule has 2 aromatic rings. The van der Waals surface area contributed by atoms with Gasteiger partial charge in [-0.15, -0.1) is 0 Å². The second-order valence-corrected chi connectivity index (χ2v) is 5.58. The molecule has 2 N–H and O–H groups in total. The zero-order chi connectivity index (χ0) is 13.7. The molecule has 3 heteroatoms. The summed E-state index contributed by atoms with van der Waals surface area (Å²) in [6.07, 6.45) is 2.66. The summed E-state index contributed by atoms with van der Waals surface area (Å²) in [5.74, 6) is -0.228. The quantitative estimate of drug-likeness (QED) is 0.881. The standard InChI is InChI=1S/C16H17BrFN/c17-16-11-14(18)8-7-13(16)10-15(19)9-6-12-4-2-1-3-5-12/h1-5,7-8,11,15H,6,9-10,19H2. The van der Waals surface area contributed by atoms with Crippen LogP contribution in [-0.2, 0) is 12.8 Å². The van der Waals surface area contributed by atoms with Crippen molar-refractivity contribution < 1.29 is 4.39 Å². The molecule has 0 aliphatic carbocycles. The second kappa shape index (κ2) is 6.83. The first-order chi connectivity index (χ1) is 9.15. The fraction of sp³-hybridized carbons (Fsp3) is 0.250. The Kier molecular flexibility index (Phi) is 5.11. The Balaban J connectivity index is 1.89. The maximum atomic E-state index is 13.0. The maximum Gasteiger partial charge on any atom is 0.124 e. The SMILES string of the molecule is NC(CCc1ccccc1)Cc1ccc(F)cc1Br. The third-order valence-corrected chi connectivity index (χ3v) is 3.88. The molecule has 0 aromatic heterocycles. The minimum atomic E-state index is -0.228. The Morgan fingerprint density at radius 3 is 2.53 bits per heavy atom. The van der Waals surface area contributed by atoms with Crippen molar-refractivity contribution in [1.29, 1.82) is 0 Å². The van der Waals surface area contributed by atoms with Crippen molar-refractivity contribution in [3.8, 4) is 0 Å². The number of hydrogen-bond donors (Lipinski definition) is 1. The van der Waals surface area contributed by atoms with Gasteiger partial charge in [-0.2, -0.15) is 0 Å². The second-order valence-electron chi connectivity index (χ2n) is 4.72. The Hall–Kier alpha value is -1.19. The van der Waals surface area contributed by atoms with Crippen LogP contribution in [0.2, 0.25) is 0 Å². The number of benzene rings is 2. The minimum absolute atomic E-state index is 0.0852. The number of aryl methyl sites for hydroxylation is 1. The van der Waals surface area contributed by atoms with E-state index in [1.54, 1.807) is 6.07 Å². The highest BCUT2D eigenvalue weighted by molar-refractivity contribution is 9.10. The molecular weight excluding hydrogens is 305 g/mol. The van der Waals surface area contributed by atoms with Crippen LogP contribution < -0.4 is 5.73 Å². The van der Waals surface area contributed by atoms with E-state index in [0.29, 0.717) is 0 Å². The summed E-state index contributed by atoms with van der Waals surface area (Å²) in [5.41, 5.74) is 8.51. The average molecular weight is 322 g/mol. The smallest absolute Gasteiger partial charge is 0.124 e. The summed E-state index contributed by atoms with van der Waals surface area (Å²) in [7, 11) is 0. The van der Waals surface area contributed by atoms with Crippen LogP contribution in [0.4, 0.5) is 4.39 Å². The van der Waals surface area contributed by atoms with E-state index >= 15 is 0 Å². The number of nitrogens with two attached hydrogens (primary N) is 1. The van der Waals surface area contributed by atoms with Gasteiger partial charge in [-0.05, 0) is 42.5 Å². The Labute approximate surface area is 121 Å². The summed E-state index contributed by atoms with van der Waals surface area (Å²) in [4.78, 5) is 0. The van der Waals surface area contributed by atoms with Gasteiger partial charge in [0.1, 0.15) is 5.82 Å². The van der Waals surface area contributed by atoms with Crippen molar-refractivity contribution in [2.75, 3.05) is 0 Å². The van der Waals surface area contributed by atoms with Gasteiger partial charge in [0.15, 0.2) is 0 Å². The molecule has 0 spiro atoms. The highest BCUT2D eigenvalue weighted by atomic mass is 79.9. The molecule has 19 heavy (non-hydrogen) atoms. The van der Waals surface area contributed by atoms with Crippen LogP contribution in [0.1, 0.15) is 17.5 Å². The lowest BCUT2D eigenvalue weighted by Crippen LogP contribution is -2.23. The van der Waals surface area contributed by atoms with Gasteiger partial charge in [0, 0.05) is 10.5 Å². The van der Waals surface area contributed by atoms with Crippen LogP contribution in [0, 0.1) is 5.82 Å². The van der Waals surface area contributed by atoms with Gasteiger partial charge in [-0.3, -0.25) is 0 Å². The molecule has 0 aliphatic heterocycles. The molecule has 0 radical (unpaired) electrons. The highest BCUT2D eigenvalue weighted by Gasteiger charge is 2.08. The largest absolute Gasteiger partial charge is 0.327 e. The van der Waals surface area contributed by atoms with E-state index in [0.717, 1.165) is 29.3 Å². The van der Waals surface area contributed by atoms with Crippen molar-refractivity contribution in [2.45, 2.75) is 25.3 Å². The molecule has 0 aliphatic rings. The normalized spacial score (nSPS) is 12.4. The maximum absolute atomic E-state index is 13.0. The molecule has 0 saturated heterocycles. The first kappa shape index (κ1) is 14.2. The third kappa shape index (κ3) is 4.44. The van der Waals surface area contributed by atoms with Gasteiger partial charge >= 0.3 is 0 Å². The van der Waals surface area contributed by atoms with E-state index < -0.39 is 0 Å². The topological polar surface area (TPSA) is 26.0 Å². The lowest BCUT2D eigenvalue weighted by molar-refractivity contribution is 0.603. The van der Waals surface area contributed by atoms with Crippen molar-refractivity contribution in [3.05, 3.63) is 69.9 Å². The Bertz CT molecular complexity index is 528. The summed E-state index contributed by atoms with van der Waals surface area (Å²) in [6.45, 7) is 0. The van der Waals surface area contributed by atoms with Crippen LogP contribution >= 0.6 is 15.9 Å². The van der Waals surface area contributed by atoms with Crippen molar-refractivity contribution in [2.24, 2.45) is 5.73 Å². The molecule has 0 heterocycles. The van der Waals surface area contributed by atoms with Crippen molar-refractivity contribution >= 4 is 15.9 Å². The Morgan fingerprint density at radius 1 is 1.11 bits per heavy atom. The summed E-state index contributed by atoms with van der Waals surface area (Å²) in [6, 6.07) is 15.2. The molecular formula is C16H17BrFN. The lowest BCUT2D eigenvalue weighted by atomic mass is 10.00. The zero-order valence-electron chi connectivity index (χ0n) is 10.7. The molecule has 1 nitrogen and oxygen atoms in total. The molecule has 2 aromatic carbocycles. The van der Waals surface area contributed by atoms with E-state index in [1.807, 2.05) is 18.2 Å². The summed E-state index contributed by atoms with van der Waals surface area (Å²) >= 11 is 3.38. The van der Waals surface area contributed by atoms with Crippen molar-refractivity contribution in [1.82, 2.24) is 0 Å². The average Bonchev–Trinajstić information content (AvgIpc) is 2.41. The van der Waals surface area contributed by atoms with Gasteiger partial charge in [0.05, 0.1) is 0 Å². The van der Waals surface area contributed by atoms with Crippen LogP contribution in [0.15, 0.2) is 53.0 Å². The Morgan fingerprint density at radius 2 is 1.84 bits per heavy atom. The fourth-order valence-corrected chi connectivity index (χ4v) is 2.58. The first-order valence-corrected chi connectivity index (χ1v) is 7.18. The first-order valence-electron chi connectivity index (χ1n) is 6.38. The van der Waals surface area contributed by atoms with Crippen LogP contribution in [0.5, 0.6) is 0 Å². The molecule has 1 unspecified atom stereocenters. The molecule has 2 rings (SSSR count). The van der Waals surface area contributed by atoms with Crippen molar-refractivity contribution in [3.63, 3.8) is 0 Å². The van der Waals surface area contributed by atoms with Gasteiger partial charge < -0.3 is 5.73 Å². The number of hydrogen-bond acceptors (Lipinski definition) is 1. The molecule has 1 atom stereocenters. The minimum Gasteiger partial charge on any atom is -0.327 e. The summed E-state index contributed by atoms with van der Waals surface area (Å²) < 4.78 is 13.8. The van der Waals surface area contributed by atoms with Gasteiger partial charge in [-0.25, -0.2) is 4.39 Å². The van der Waals surface area contributed by atoms with E-state index in [9.17, 15) is 4.39 Å². The predicted octanol–water partition coefficient (Wildman–Crippen LogP) is 4.09. The molecule has 0 bridgehead atoms. The van der Waals surface area contributed by atoms with Gasteiger partial charge in [-0.1, -0.05) is 52.3 Å². The van der Waals surface area contributed by atoms with Crippen LogP contribution in [-0.4, -0.2) is 6.04 Å².